The minimum Gasteiger partial charge on any atom is -0.357 e. The Morgan fingerprint density at radius 1 is 1.11 bits per heavy atom. The summed E-state index contributed by atoms with van der Waals surface area (Å²) in [6.07, 6.45) is 0. The van der Waals surface area contributed by atoms with Gasteiger partial charge in [-0.3, -0.25) is 4.79 Å². The van der Waals surface area contributed by atoms with Crippen LogP contribution in [0.2, 0.25) is 0 Å². The molecule has 0 spiro atoms. The van der Waals surface area contributed by atoms with Gasteiger partial charge < -0.3 is 15.1 Å². The van der Waals surface area contributed by atoms with Crippen LogP contribution in [0.5, 0.6) is 0 Å². The van der Waals surface area contributed by atoms with Crippen molar-refractivity contribution in [3.63, 3.8) is 0 Å². The lowest BCUT2D eigenvalue weighted by atomic mass is 10.2. The fraction of sp³-hybridized carbons (Fsp3) is 0.529. The number of rotatable bonds is 5. The SMILES string of the molecule is CCNC(=NCc1ccc(S(=O)(=O)NC)cc1)N1CCN(C(C)=O)CC1.I. The zero-order valence-corrected chi connectivity index (χ0v) is 19.1. The van der Waals surface area contributed by atoms with E-state index < -0.39 is 10.0 Å². The maximum Gasteiger partial charge on any atom is 0.240 e. The number of nitrogens with one attached hydrogen (secondary N) is 2. The van der Waals surface area contributed by atoms with Gasteiger partial charge in [-0.2, -0.15) is 0 Å². The second-order valence-corrected chi connectivity index (χ2v) is 7.90. The van der Waals surface area contributed by atoms with Gasteiger partial charge in [-0.25, -0.2) is 18.1 Å². The third-order valence-corrected chi connectivity index (χ3v) is 5.70. The Bertz CT molecular complexity index is 744. The number of aliphatic imine (C=N–C) groups is 1. The third kappa shape index (κ3) is 6.61. The summed E-state index contributed by atoms with van der Waals surface area (Å²) in [7, 11) is -2.03. The lowest BCUT2D eigenvalue weighted by molar-refractivity contribution is -0.130. The van der Waals surface area contributed by atoms with Crippen molar-refractivity contribution in [3.05, 3.63) is 29.8 Å². The normalized spacial score (nSPS) is 15.3. The molecular weight excluding hydrogens is 481 g/mol. The summed E-state index contributed by atoms with van der Waals surface area (Å²) >= 11 is 0. The minimum atomic E-state index is -3.42. The molecule has 1 amide bonds. The molecule has 10 heteroatoms. The van der Waals surface area contributed by atoms with E-state index in [0.29, 0.717) is 19.6 Å². The van der Waals surface area contributed by atoms with Crippen molar-refractivity contribution < 1.29 is 13.2 Å². The molecule has 152 valence electrons. The fourth-order valence-corrected chi connectivity index (χ4v) is 3.45. The Hall–Kier alpha value is -1.40. The Morgan fingerprint density at radius 3 is 2.15 bits per heavy atom. The van der Waals surface area contributed by atoms with E-state index in [2.05, 4.69) is 19.9 Å². The number of sulfonamides is 1. The summed E-state index contributed by atoms with van der Waals surface area (Å²) in [6.45, 7) is 7.67. The van der Waals surface area contributed by atoms with Crippen LogP contribution in [0.4, 0.5) is 0 Å². The van der Waals surface area contributed by atoms with Crippen molar-refractivity contribution in [2.75, 3.05) is 39.8 Å². The number of piperazine rings is 1. The van der Waals surface area contributed by atoms with Crippen LogP contribution >= 0.6 is 24.0 Å². The quantitative estimate of drug-likeness (QED) is 0.349. The van der Waals surface area contributed by atoms with Crippen molar-refractivity contribution in [3.8, 4) is 0 Å². The summed E-state index contributed by atoms with van der Waals surface area (Å²) in [6, 6.07) is 6.69. The van der Waals surface area contributed by atoms with Crippen molar-refractivity contribution >= 4 is 45.9 Å². The summed E-state index contributed by atoms with van der Waals surface area (Å²) < 4.78 is 25.8. The molecule has 0 saturated carbocycles. The van der Waals surface area contributed by atoms with Gasteiger partial charge in [0.15, 0.2) is 5.96 Å². The number of hydrogen-bond donors (Lipinski definition) is 2. The van der Waals surface area contributed by atoms with Crippen molar-refractivity contribution in [1.82, 2.24) is 19.8 Å². The van der Waals surface area contributed by atoms with Crippen molar-refractivity contribution in [2.24, 2.45) is 4.99 Å². The molecule has 1 aromatic rings. The van der Waals surface area contributed by atoms with Crippen LogP contribution in [-0.2, 0) is 21.4 Å². The highest BCUT2D eigenvalue weighted by Crippen LogP contribution is 2.11. The molecule has 1 saturated heterocycles. The summed E-state index contributed by atoms with van der Waals surface area (Å²) in [5.74, 6) is 0.908. The Labute approximate surface area is 178 Å². The molecule has 1 heterocycles. The first-order valence-electron chi connectivity index (χ1n) is 8.68. The number of nitrogens with zero attached hydrogens (tertiary/aromatic N) is 3. The van der Waals surface area contributed by atoms with Gasteiger partial charge in [0.25, 0.3) is 0 Å². The lowest BCUT2D eigenvalue weighted by Crippen LogP contribution is -2.53. The first-order valence-corrected chi connectivity index (χ1v) is 10.2. The molecule has 2 rings (SSSR count). The third-order valence-electron chi connectivity index (χ3n) is 4.27. The largest absolute Gasteiger partial charge is 0.357 e. The van der Waals surface area contributed by atoms with E-state index in [0.717, 1.165) is 31.2 Å². The molecule has 8 nitrogen and oxygen atoms in total. The van der Waals surface area contributed by atoms with E-state index in [1.165, 1.54) is 7.05 Å². The minimum absolute atomic E-state index is 0. The van der Waals surface area contributed by atoms with Crippen LogP contribution in [0, 0.1) is 0 Å². The smallest absolute Gasteiger partial charge is 0.240 e. The number of carbonyl (C=O) groups excluding carboxylic acids is 1. The van der Waals surface area contributed by atoms with Crippen LogP contribution in [0.3, 0.4) is 0 Å². The predicted molar refractivity (Wildman–Crippen MR) is 117 cm³/mol. The van der Waals surface area contributed by atoms with E-state index in [9.17, 15) is 13.2 Å². The molecule has 0 bridgehead atoms. The van der Waals surface area contributed by atoms with E-state index in [4.69, 9.17) is 0 Å². The Balaban J connectivity index is 0.00000364. The molecule has 0 aromatic heterocycles. The number of carbonyl (C=O) groups is 1. The Morgan fingerprint density at radius 2 is 1.67 bits per heavy atom. The van der Waals surface area contributed by atoms with Gasteiger partial charge >= 0.3 is 0 Å². The summed E-state index contributed by atoms with van der Waals surface area (Å²) in [5, 5.41) is 3.28. The highest BCUT2D eigenvalue weighted by Gasteiger charge is 2.20. The molecular formula is C17H28IN5O3S. The second kappa shape index (κ2) is 10.8. The lowest BCUT2D eigenvalue weighted by Gasteiger charge is -2.36. The predicted octanol–water partition coefficient (Wildman–Crippen LogP) is 0.842. The maximum absolute atomic E-state index is 11.8. The van der Waals surface area contributed by atoms with Crippen LogP contribution < -0.4 is 10.0 Å². The molecule has 1 aromatic carbocycles. The number of benzene rings is 1. The van der Waals surface area contributed by atoms with Crippen LogP contribution in [0.1, 0.15) is 19.4 Å². The highest BCUT2D eigenvalue weighted by molar-refractivity contribution is 14.0. The van der Waals surface area contributed by atoms with Gasteiger partial charge in [0.05, 0.1) is 11.4 Å². The van der Waals surface area contributed by atoms with Gasteiger partial charge in [-0.15, -0.1) is 24.0 Å². The van der Waals surface area contributed by atoms with E-state index in [1.54, 1.807) is 31.2 Å². The molecule has 0 atom stereocenters. The summed E-state index contributed by atoms with van der Waals surface area (Å²) in [4.78, 5) is 20.3. The van der Waals surface area contributed by atoms with Crippen LogP contribution in [-0.4, -0.2) is 69.9 Å². The second-order valence-electron chi connectivity index (χ2n) is 6.01. The molecule has 1 aliphatic heterocycles. The maximum atomic E-state index is 11.8. The molecule has 0 aliphatic carbocycles. The van der Waals surface area contributed by atoms with Gasteiger partial charge in [-0.1, -0.05) is 12.1 Å². The molecule has 1 aliphatic rings. The first kappa shape index (κ1) is 23.6. The summed E-state index contributed by atoms with van der Waals surface area (Å²) in [5.41, 5.74) is 0.929. The molecule has 2 N–H and O–H groups in total. The Kier molecular flexibility index (Phi) is 9.47. The number of guanidine groups is 1. The van der Waals surface area contributed by atoms with Gasteiger partial charge in [0.2, 0.25) is 15.9 Å². The molecule has 0 radical (unpaired) electrons. The van der Waals surface area contributed by atoms with Crippen LogP contribution in [0.15, 0.2) is 34.2 Å². The monoisotopic (exact) mass is 509 g/mol. The standard InChI is InChI=1S/C17H27N5O3S.HI/c1-4-19-17(22-11-9-21(10-12-22)14(2)23)20-13-15-5-7-16(8-6-15)26(24,25)18-3;/h5-8,18H,4,9-13H2,1-3H3,(H,19,20);1H. The molecule has 0 unspecified atom stereocenters. The zero-order chi connectivity index (χ0) is 19.2. The van der Waals surface area contributed by atoms with Crippen LogP contribution in [0.25, 0.3) is 0 Å². The van der Waals surface area contributed by atoms with Crippen molar-refractivity contribution in [1.29, 1.82) is 0 Å². The van der Waals surface area contributed by atoms with E-state index in [1.807, 2.05) is 11.8 Å². The topological polar surface area (TPSA) is 94.1 Å². The van der Waals surface area contributed by atoms with Gasteiger partial charge in [-0.05, 0) is 31.7 Å². The first-order chi connectivity index (χ1) is 12.4. The molecule has 1 fully saturated rings. The fourth-order valence-electron chi connectivity index (χ4n) is 2.72. The number of hydrogen-bond acceptors (Lipinski definition) is 4. The average Bonchev–Trinajstić information content (AvgIpc) is 2.65. The van der Waals surface area contributed by atoms with Crippen molar-refractivity contribution in [2.45, 2.75) is 25.3 Å². The van der Waals surface area contributed by atoms with E-state index >= 15 is 0 Å². The molecule has 27 heavy (non-hydrogen) atoms. The number of halogens is 1. The highest BCUT2D eigenvalue weighted by atomic mass is 127. The van der Waals surface area contributed by atoms with Gasteiger partial charge in [0, 0.05) is 39.6 Å². The average molecular weight is 509 g/mol. The number of amides is 1. The van der Waals surface area contributed by atoms with Gasteiger partial charge in [0.1, 0.15) is 0 Å². The zero-order valence-electron chi connectivity index (χ0n) is 15.9. The van der Waals surface area contributed by atoms with E-state index in [-0.39, 0.29) is 34.8 Å².